The topological polar surface area (TPSA) is 38.0 Å². The van der Waals surface area contributed by atoms with Crippen molar-refractivity contribution >= 4 is 15.9 Å². The fraction of sp³-hybridized carbons (Fsp3) is 0.769. The number of aromatic nitrogens is 2. The lowest BCUT2D eigenvalue weighted by molar-refractivity contribution is 0.142. The minimum atomic E-state index is -0.185. The number of nitrogens with zero attached hydrogens (tertiary/aromatic N) is 2. The van der Waals surface area contributed by atoms with Crippen LogP contribution >= 0.6 is 15.9 Å². The maximum absolute atomic E-state index is 9.74. The lowest BCUT2D eigenvalue weighted by Crippen LogP contribution is -2.25. The van der Waals surface area contributed by atoms with Gasteiger partial charge in [-0.1, -0.05) is 19.3 Å². The highest BCUT2D eigenvalue weighted by atomic mass is 79.9. The molecule has 0 bridgehead atoms. The van der Waals surface area contributed by atoms with Crippen LogP contribution in [0.1, 0.15) is 56.0 Å². The molecule has 3 nitrogen and oxygen atoms in total. The standard InChI is InChI=1S/C13H19BrN2O/c14-12-11-8-10(17)6-7-16(11)13(15-12)9-4-2-1-3-5-9/h9-10,17H,1-8H2. The van der Waals surface area contributed by atoms with Crippen LogP contribution in [0.3, 0.4) is 0 Å². The van der Waals surface area contributed by atoms with Crippen LogP contribution in [0.15, 0.2) is 4.60 Å². The summed E-state index contributed by atoms with van der Waals surface area (Å²) >= 11 is 3.55. The maximum atomic E-state index is 9.74. The Morgan fingerprint density at radius 3 is 2.71 bits per heavy atom. The Bertz CT molecular complexity index is 410. The first-order chi connectivity index (χ1) is 8.25. The molecular weight excluding hydrogens is 280 g/mol. The van der Waals surface area contributed by atoms with Crippen molar-refractivity contribution in [3.05, 3.63) is 16.1 Å². The zero-order chi connectivity index (χ0) is 11.8. The van der Waals surface area contributed by atoms with Crippen LogP contribution in [-0.4, -0.2) is 20.8 Å². The molecule has 0 amide bonds. The van der Waals surface area contributed by atoms with Gasteiger partial charge in [0.05, 0.1) is 11.8 Å². The van der Waals surface area contributed by atoms with Crippen molar-refractivity contribution < 1.29 is 5.11 Å². The van der Waals surface area contributed by atoms with E-state index in [1.54, 1.807) is 0 Å². The molecule has 1 aliphatic heterocycles. The molecule has 1 fully saturated rings. The van der Waals surface area contributed by atoms with Gasteiger partial charge in [0.15, 0.2) is 0 Å². The summed E-state index contributed by atoms with van der Waals surface area (Å²) in [6, 6.07) is 0. The molecule has 4 heteroatoms. The van der Waals surface area contributed by atoms with Gasteiger partial charge < -0.3 is 9.67 Å². The molecule has 1 aromatic rings. The minimum absolute atomic E-state index is 0.185. The molecule has 1 aromatic heterocycles. The molecule has 3 rings (SSSR count). The van der Waals surface area contributed by atoms with Gasteiger partial charge in [-0.25, -0.2) is 4.98 Å². The molecule has 2 heterocycles. The average molecular weight is 299 g/mol. The molecule has 1 saturated carbocycles. The minimum Gasteiger partial charge on any atom is -0.393 e. The van der Waals surface area contributed by atoms with Crippen molar-refractivity contribution in [2.75, 3.05) is 0 Å². The van der Waals surface area contributed by atoms with Gasteiger partial charge in [0.1, 0.15) is 10.4 Å². The van der Waals surface area contributed by atoms with Gasteiger partial charge in [0.2, 0.25) is 0 Å². The summed E-state index contributed by atoms with van der Waals surface area (Å²) in [6.45, 7) is 0.931. The summed E-state index contributed by atoms with van der Waals surface area (Å²) in [5.74, 6) is 1.91. The van der Waals surface area contributed by atoms with Gasteiger partial charge in [-0.15, -0.1) is 0 Å². The van der Waals surface area contributed by atoms with Crippen molar-refractivity contribution in [3.63, 3.8) is 0 Å². The number of halogens is 1. The monoisotopic (exact) mass is 298 g/mol. The number of hydrogen-bond donors (Lipinski definition) is 1. The highest BCUT2D eigenvalue weighted by molar-refractivity contribution is 9.10. The largest absolute Gasteiger partial charge is 0.393 e. The second-order valence-electron chi connectivity index (χ2n) is 5.34. The molecule has 1 N–H and O–H groups in total. The Morgan fingerprint density at radius 1 is 1.18 bits per heavy atom. The van der Waals surface area contributed by atoms with E-state index in [0.29, 0.717) is 5.92 Å². The predicted octanol–water partition coefficient (Wildman–Crippen LogP) is 3.00. The van der Waals surface area contributed by atoms with E-state index < -0.39 is 0 Å². The van der Waals surface area contributed by atoms with Crippen molar-refractivity contribution in [3.8, 4) is 0 Å². The summed E-state index contributed by atoms with van der Waals surface area (Å²) in [5.41, 5.74) is 1.20. The molecule has 0 radical (unpaired) electrons. The van der Waals surface area contributed by atoms with Crippen molar-refractivity contribution in [1.29, 1.82) is 0 Å². The molecule has 0 aromatic carbocycles. The number of hydrogen-bond acceptors (Lipinski definition) is 2. The number of aliphatic hydroxyl groups is 1. The van der Waals surface area contributed by atoms with Crippen LogP contribution in [0.25, 0.3) is 0 Å². The fourth-order valence-corrected chi connectivity index (χ4v) is 3.75. The Morgan fingerprint density at radius 2 is 1.94 bits per heavy atom. The number of rotatable bonds is 1. The SMILES string of the molecule is OC1CCn2c(C3CCCCC3)nc(Br)c2C1. The molecule has 0 spiro atoms. The molecular formula is C13H19BrN2O. The summed E-state index contributed by atoms with van der Waals surface area (Å²) in [5, 5.41) is 9.74. The third-order valence-corrected chi connectivity index (χ3v) is 4.77. The first-order valence-electron chi connectivity index (χ1n) is 6.68. The first kappa shape index (κ1) is 11.7. The lowest BCUT2D eigenvalue weighted by atomic mass is 9.88. The van der Waals surface area contributed by atoms with Gasteiger partial charge in [0.25, 0.3) is 0 Å². The Labute approximate surface area is 110 Å². The molecule has 1 aliphatic carbocycles. The number of fused-ring (bicyclic) bond motifs is 1. The maximum Gasteiger partial charge on any atom is 0.127 e. The Kier molecular flexibility index (Phi) is 3.26. The summed E-state index contributed by atoms with van der Waals surface area (Å²) in [6.07, 6.45) is 8.06. The summed E-state index contributed by atoms with van der Waals surface area (Å²) < 4.78 is 3.31. The van der Waals surface area contributed by atoms with Crippen LogP contribution in [0.2, 0.25) is 0 Å². The normalized spacial score (nSPS) is 25.9. The van der Waals surface area contributed by atoms with Crippen LogP contribution in [-0.2, 0) is 13.0 Å². The number of imidazole rings is 1. The highest BCUT2D eigenvalue weighted by Crippen LogP contribution is 2.35. The van der Waals surface area contributed by atoms with E-state index in [1.807, 2.05) is 0 Å². The van der Waals surface area contributed by atoms with Gasteiger partial charge >= 0.3 is 0 Å². The zero-order valence-corrected chi connectivity index (χ0v) is 11.6. The molecule has 94 valence electrons. The van der Waals surface area contributed by atoms with E-state index in [1.165, 1.54) is 43.6 Å². The van der Waals surface area contributed by atoms with Crippen LogP contribution in [0, 0.1) is 0 Å². The fourth-order valence-electron chi connectivity index (χ4n) is 3.19. The molecule has 1 unspecified atom stereocenters. The zero-order valence-electron chi connectivity index (χ0n) is 10.0. The molecule has 0 saturated heterocycles. The quantitative estimate of drug-likeness (QED) is 0.865. The Hall–Kier alpha value is -0.350. The van der Waals surface area contributed by atoms with Gasteiger partial charge in [-0.3, -0.25) is 0 Å². The third-order valence-electron chi connectivity index (χ3n) is 4.14. The second kappa shape index (κ2) is 4.73. The summed E-state index contributed by atoms with van der Waals surface area (Å²) in [4.78, 5) is 4.72. The first-order valence-corrected chi connectivity index (χ1v) is 7.48. The smallest absolute Gasteiger partial charge is 0.127 e. The average Bonchev–Trinajstić information content (AvgIpc) is 2.68. The van der Waals surface area contributed by atoms with E-state index in [9.17, 15) is 5.11 Å². The third kappa shape index (κ3) is 2.17. The number of aliphatic hydroxyl groups excluding tert-OH is 1. The van der Waals surface area contributed by atoms with E-state index in [-0.39, 0.29) is 6.10 Å². The Balaban J connectivity index is 1.92. The van der Waals surface area contributed by atoms with Crippen LogP contribution in [0.5, 0.6) is 0 Å². The molecule has 1 atom stereocenters. The van der Waals surface area contributed by atoms with Gasteiger partial charge in [-0.2, -0.15) is 0 Å². The van der Waals surface area contributed by atoms with Crippen molar-refractivity contribution in [1.82, 2.24) is 9.55 Å². The van der Waals surface area contributed by atoms with Gasteiger partial charge in [-0.05, 0) is 35.2 Å². The van der Waals surface area contributed by atoms with Crippen LogP contribution in [0.4, 0.5) is 0 Å². The predicted molar refractivity (Wildman–Crippen MR) is 70.1 cm³/mol. The summed E-state index contributed by atoms with van der Waals surface area (Å²) in [7, 11) is 0. The van der Waals surface area contributed by atoms with E-state index in [4.69, 9.17) is 4.98 Å². The van der Waals surface area contributed by atoms with Crippen molar-refractivity contribution in [2.24, 2.45) is 0 Å². The lowest BCUT2D eigenvalue weighted by Gasteiger charge is -2.26. The van der Waals surface area contributed by atoms with Crippen LogP contribution < -0.4 is 0 Å². The van der Waals surface area contributed by atoms with Crippen molar-refractivity contribution in [2.45, 2.75) is 63.5 Å². The molecule has 2 aliphatic rings. The van der Waals surface area contributed by atoms with E-state index in [0.717, 1.165) is 24.0 Å². The van der Waals surface area contributed by atoms with Gasteiger partial charge in [0, 0.05) is 18.9 Å². The van der Waals surface area contributed by atoms with E-state index >= 15 is 0 Å². The molecule has 17 heavy (non-hydrogen) atoms. The second-order valence-corrected chi connectivity index (χ2v) is 6.09. The highest BCUT2D eigenvalue weighted by Gasteiger charge is 2.27. The van der Waals surface area contributed by atoms with E-state index in [2.05, 4.69) is 20.5 Å².